The van der Waals surface area contributed by atoms with Crippen LogP contribution in [0.25, 0.3) is 0 Å². The molecule has 0 radical (unpaired) electrons. The van der Waals surface area contributed by atoms with Gasteiger partial charge in [-0.2, -0.15) is 0 Å². The van der Waals surface area contributed by atoms with E-state index in [4.69, 9.17) is 4.74 Å². The Morgan fingerprint density at radius 3 is 2.65 bits per heavy atom. The number of likely N-dealkylation sites (tertiary alicyclic amines) is 1. The molecule has 6 nitrogen and oxygen atoms in total. The van der Waals surface area contributed by atoms with Gasteiger partial charge in [-0.15, -0.1) is 0 Å². The third-order valence-corrected chi connectivity index (χ3v) is 6.14. The third-order valence-electron chi connectivity index (χ3n) is 6.14. The summed E-state index contributed by atoms with van der Waals surface area (Å²) in [6.45, 7) is 6.87. The number of hydrogen-bond acceptors (Lipinski definition) is 5. The van der Waals surface area contributed by atoms with E-state index in [2.05, 4.69) is 20.9 Å². The highest BCUT2D eigenvalue weighted by atomic mass is 19.1. The van der Waals surface area contributed by atoms with Crippen molar-refractivity contribution in [2.75, 3.05) is 57.3 Å². The van der Waals surface area contributed by atoms with E-state index in [1.165, 1.54) is 6.07 Å². The number of piperazine rings is 1. The highest BCUT2D eigenvalue weighted by Crippen LogP contribution is 2.21. The second-order valence-corrected chi connectivity index (χ2v) is 8.35. The minimum atomic E-state index is -0.392. The third kappa shape index (κ3) is 5.94. The molecule has 0 bridgehead atoms. The number of para-hydroxylation sites is 1. The quantitative estimate of drug-likeness (QED) is 0.681. The number of rotatable bonds is 7. The second-order valence-electron chi connectivity index (χ2n) is 8.35. The lowest BCUT2D eigenvalue weighted by Crippen LogP contribution is -2.50. The molecule has 7 heteroatoms. The van der Waals surface area contributed by atoms with E-state index in [-0.39, 0.29) is 24.7 Å². The fourth-order valence-electron chi connectivity index (χ4n) is 4.47. The number of pyridine rings is 1. The first kappa shape index (κ1) is 21.6. The van der Waals surface area contributed by atoms with Gasteiger partial charge in [0.15, 0.2) is 11.6 Å². The predicted octanol–water partition coefficient (Wildman–Crippen LogP) is 3.05. The summed E-state index contributed by atoms with van der Waals surface area (Å²) in [5, 5.41) is 0. The lowest BCUT2D eigenvalue weighted by Gasteiger charge is -2.39. The Morgan fingerprint density at radius 1 is 1.06 bits per heavy atom. The molecule has 0 aliphatic carbocycles. The molecule has 1 amide bonds. The molecule has 166 valence electrons. The van der Waals surface area contributed by atoms with Crippen molar-refractivity contribution in [3.8, 4) is 5.75 Å². The Hall–Kier alpha value is -2.67. The van der Waals surface area contributed by atoms with Crippen LogP contribution in [0.1, 0.15) is 19.3 Å². The number of benzene rings is 1. The predicted molar refractivity (Wildman–Crippen MR) is 119 cm³/mol. The van der Waals surface area contributed by atoms with Gasteiger partial charge < -0.3 is 14.5 Å². The molecule has 1 atom stereocenters. The number of anilines is 1. The molecule has 1 unspecified atom stereocenters. The van der Waals surface area contributed by atoms with Gasteiger partial charge in [0.1, 0.15) is 5.82 Å². The summed E-state index contributed by atoms with van der Waals surface area (Å²) in [6.07, 6.45) is 4.33. The van der Waals surface area contributed by atoms with E-state index in [0.717, 1.165) is 64.5 Å². The van der Waals surface area contributed by atoms with Crippen molar-refractivity contribution < 1.29 is 13.9 Å². The maximum Gasteiger partial charge on any atom is 0.226 e. The van der Waals surface area contributed by atoms with Gasteiger partial charge in [-0.05, 0) is 43.0 Å². The highest BCUT2D eigenvalue weighted by molar-refractivity contribution is 5.76. The van der Waals surface area contributed by atoms with Crippen LogP contribution in [-0.2, 0) is 4.79 Å². The van der Waals surface area contributed by atoms with Crippen LogP contribution in [-0.4, -0.2) is 73.1 Å². The number of halogens is 1. The lowest BCUT2D eigenvalue weighted by atomic mass is 9.97. The number of carbonyl (C=O) groups excluding carboxylic acids is 1. The van der Waals surface area contributed by atoms with Crippen LogP contribution in [0.2, 0.25) is 0 Å². The zero-order chi connectivity index (χ0) is 21.5. The van der Waals surface area contributed by atoms with Gasteiger partial charge in [0.25, 0.3) is 0 Å². The Morgan fingerprint density at radius 2 is 1.87 bits per heavy atom. The maximum atomic E-state index is 13.6. The molecule has 1 aromatic carbocycles. The van der Waals surface area contributed by atoms with E-state index >= 15 is 0 Å². The Balaban J connectivity index is 1.19. The van der Waals surface area contributed by atoms with Crippen LogP contribution in [0.15, 0.2) is 48.7 Å². The van der Waals surface area contributed by atoms with Crippen molar-refractivity contribution in [1.82, 2.24) is 14.8 Å². The number of ether oxygens (including phenoxy) is 1. The number of piperidine rings is 1. The van der Waals surface area contributed by atoms with Crippen LogP contribution in [0.5, 0.6) is 5.75 Å². The normalized spacial score (nSPS) is 20.0. The van der Waals surface area contributed by atoms with Gasteiger partial charge >= 0.3 is 0 Å². The summed E-state index contributed by atoms with van der Waals surface area (Å²) in [5.74, 6) is 1.47. The number of carbonyl (C=O) groups is 1. The molecule has 2 aromatic rings. The van der Waals surface area contributed by atoms with Gasteiger partial charge in [0.05, 0.1) is 13.0 Å². The topological polar surface area (TPSA) is 48.9 Å². The number of amides is 1. The fourth-order valence-corrected chi connectivity index (χ4v) is 4.47. The molecule has 2 aliphatic heterocycles. The van der Waals surface area contributed by atoms with Crippen LogP contribution in [0, 0.1) is 11.7 Å². The average molecular weight is 427 g/mol. The Kier molecular flexibility index (Phi) is 7.35. The van der Waals surface area contributed by atoms with Gasteiger partial charge in [-0.1, -0.05) is 18.2 Å². The van der Waals surface area contributed by atoms with Crippen LogP contribution in [0.3, 0.4) is 0 Å². The van der Waals surface area contributed by atoms with Crippen molar-refractivity contribution in [2.45, 2.75) is 19.3 Å². The largest absolute Gasteiger partial charge is 0.490 e. The second kappa shape index (κ2) is 10.6. The zero-order valence-electron chi connectivity index (χ0n) is 18.0. The fraction of sp³-hybridized carbons (Fsp3) is 0.500. The summed E-state index contributed by atoms with van der Waals surface area (Å²) >= 11 is 0. The van der Waals surface area contributed by atoms with Crippen molar-refractivity contribution in [3.05, 3.63) is 54.5 Å². The SMILES string of the molecule is O=C(CCOc1ccccc1F)N1CCCC(CN2CCN(c3ccccn3)CC2)C1. The molecule has 4 rings (SSSR count). The Labute approximate surface area is 183 Å². The number of hydrogen-bond donors (Lipinski definition) is 0. The molecule has 0 N–H and O–H groups in total. The first-order valence-corrected chi connectivity index (χ1v) is 11.2. The van der Waals surface area contributed by atoms with Crippen LogP contribution >= 0.6 is 0 Å². The van der Waals surface area contributed by atoms with Crippen molar-refractivity contribution in [3.63, 3.8) is 0 Å². The van der Waals surface area contributed by atoms with E-state index in [9.17, 15) is 9.18 Å². The zero-order valence-corrected chi connectivity index (χ0v) is 18.0. The minimum absolute atomic E-state index is 0.0982. The van der Waals surface area contributed by atoms with Crippen LogP contribution < -0.4 is 9.64 Å². The number of nitrogens with zero attached hydrogens (tertiary/aromatic N) is 4. The first-order valence-electron chi connectivity index (χ1n) is 11.2. The molecular weight excluding hydrogens is 395 g/mol. The number of aromatic nitrogens is 1. The smallest absolute Gasteiger partial charge is 0.226 e. The monoisotopic (exact) mass is 426 g/mol. The summed E-state index contributed by atoms with van der Waals surface area (Å²) in [6, 6.07) is 12.3. The van der Waals surface area contributed by atoms with Gasteiger partial charge in [0.2, 0.25) is 5.91 Å². The van der Waals surface area contributed by atoms with E-state index < -0.39 is 5.82 Å². The highest BCUT2D eigenvalue weighted by Gasteiger charge is 2.26. The van der Waals surface area contributed by atoms with Gasteiger partial charge in [0, 0.05) is 52.0 Å². The first-order chi connectivity index (χ1) is 15.2. The molecule has 31 heavy (non-hydrogen) atoms. The summed E-state index contributed by atoms with van der Waals surface area (Å²) in [5.41, 5.74) is 0. The van der Waals surface area contributed by atoms with Crippen molar-refractivity contribution >= 4 is 11.7 Å². The maximum absolute atomic E-state index is 13.6. The summed E-state index contributed by atoms with van der Waals surface area (Å²) in [4.78, 5) is 23.9. The molecule has 2 fully saturated rings. The molecule has 2 aliphatic rings. The van der Waals surface area contributed by atoms with Gasteiger partial charge in [-0.3, -0.25) is 9.69 Å². The van der Waals surface area contributed by atoms with Crippen LogP contribution in [0.4, 0.5) is 10.2 Å². The van der Waals surface area contributed by atoms with E-state index in [0.29, 0.717) is 5.92 Å². The van der Waals surface area contributed by atoms with Crippen molar-refractivity contribution in [2.24, 2.45) is 5.92 Å². The standard InChI is InChI=1S/C24H31FN4O2/c25-21-7-1-2-8-22(21)31-17-10-24(30)29-12-5-6-20(19-29)18-27-13-15-28(16-14-27)23-9-3-4-11-26-23/h1-4,7-9,11,20H,5-6,10,12-19H2. The minimum Gasteiger partial charge on any atom is -0.490 e. The average Bonchev–Trinajstić information content (AvgIpc) is 2.81. The molecule has 0 spiro atoms. The molecule has 3 heterocycles. The van der Waals surface area contributed by atoms with E-state index in [1.54, 1.807) is 18.2 Å². The molecule has 0 saturated carbocycles. The van der Waals surface area contributed by atoms with Gasteiger partial charge in [-0.25, -0.2) is 9.37 Å². The summed E-state index contributed by atoms with van der Waals surface area (Å²) in [7, 11) is 0. The molecule has 1 aromatic heterocycles. The lowest BCUT2D eigenvalue weighted by molar-refractivity contribution is -0.133. The summed E-state index contributed by atoms with van der Waals surface area (Å²) < 4.78 is 19.1. The van der Waals surface area contributed by atoms with E-state index in [1.807, 2.05) is 23.2 Å². The Bertz CT molecular complexity index is 842. The van der Waals surface area contributed by atoms with Crippen molar-refractivity contribution in [1.29, 1.82) is 0 Å². The molecular formula is C24H31FN4O2. The molecule has 2 saturated heterocycles.